The van der Waals surface area contributed by atoms with Gasteiger partial charge >= 0.3 is 0 Å². The molecule has 0 heterocycles. The van der Waals surface area contributed by atoms with Gasteiger partial charge in [0.25, 0.3) is 5.91 Å². The van der Waals surface area contributed by atoms with Gasteiger partial charge in [0, 0.05) is 46.0 Å². The molecular weight excluding hydrogens is 304 g/mol. The maximum atomic E-state index is 11.7. The van der Waals surface area contributed by atoms with Gasteiger partial charge < -0.3 is 20.7 Å². The highest BCUT2D eigenvalue weighted by molar-refractivity contribution is 5.94. The standard InChI is InChI=1S/C18H28N4O2/c1-19-17(23)16-6-3-5-15(11-16)12-22-18(20-2)21-9-4-10-24-13-14-7-8-14/h3,5-6,11,14H,4,7-10,12-13H2,1-2H3,(H,19,23)(H2,20,21,22). The maximum absolute atomic E-state index is 11.7. The lowest BCUT2D eigenvalue weighted by molar-refractivity contribution is 0.0963. The normalized spacial score (nSPS) is 14.3. The number of ether oxygens (including phenoxy) is 1. The van der Waals surface area contributed by atoms with Crippen molar-refractivity contribution >= 4 is 11.9 Å². The lowest BCUT2D eigenvalue weighted by Gasteiger charge is -2.12. The van der Waals surface area contributed by atoms with Crippen LogP contribution in [-0.4, -0.2) is 45.7 Å². The van der Waals surface area contributed by atoms with Crippen molar-refractivity contribution in [1.29, 1.82) is 0 Å². The summed E-state index contributed by atoms with van der Waals surface area (Å²) in [7, 11) is 3.38. The molecule has 0 aromatic heterocycles. The molecule has 1 aliphatic carbocycles. The molecule has 1 aliphatic rings. The van der Waals surface area contributed by atoms with Crippen LogP contribution in [0.15, 0.2) is 29.3 Å². The van der Waals surface area contributed by atoms with E-state index in [9.17, 15) is 4.79 Å². The van der Waals surface area contributed by atoms with Crippen LogP contribution in [0.25, 0.3) is 0 Å². The molecule has 1 aromatic rings. The smallest absolute Gasteiger partial charge is 0.251 e. The summed E-state index contributed by atoms with van der Waals surface area (Å²) >= 11 is 0. The number of benzene rings is 1. The van der Waals surface area contributed by atoms with E-state index in [1.165, 1.54) is 12.8 Å². The number of carbonyl (C=O) groups is 1. The van der Waals surface area contributed by atoms with E-state index in [1.54, 1.807) is 20.2 Å². The third-order valence-corrected chi connectivity index (χ3v) is 3.91. The fourth-order valence-corrected chi connectivity index (χ4v) is 2.29. The van der Waals surface area contributed by atoms with E-state index in [0.717, 1.165) is 43.6 Å². The summed E-state index contributed by atoms with van der Waals surface area (Å²) in [4.78, 5) is 15.9. The van der Waals surface area contributed by atoms with Crippen LogP contribution in [0, 0.1) is 5.92 Å². The lowest BCUT2D eigenvalue weighted by Crippen LogP contribution is -2.37. The van der Waals surface area contributed by atoms with Crippen molar-refractivity contribution < 1.29 is 9.53 Å². The Morgan fingerprint density at radius 3 is 2.88 bits per heavy atom. The highest BCUT2D eigenvalue weighted by Gasteiger charge is 2.20. The van der Waals surface area contributed by atoms with E-state index in [4.69, 9.17) is 4.74 Å². The summed E-state index contributed by atoms with van der Waals surface area (Å²) < 4.78 is 5.61. The molecule has 1 saturated carbocycles. The van der Waals surface area contributed by atoms with E-state index in [2.05, 4.69) is 20.9 Å². The molecule has 0 aliphatic heterocycles. The predicted molar refractivity (Wildman–Crippen MR) is 96.2 cm³/mol. The Morgan fingerprint density at radius 2 is 2.17 bits per heavy atom. The topological polar surface area (TPSA) is 74.8 Å². The number of amides is 1. The van der Waals surface area contributed by atoms with Gasteiger partial charge in [-0.2, -0.15) is 0 Å². The fourth-order valence-electron chi connectivity index (χ4n) is 2.29. The molecule has 6 heteroatoms. The van der Waals surface area contributed by atoms with Crippen molar-refractivity contribution in [3.05, 3.63) is 35.4 Å². The number of aliphatic imine (C=N–C) groups is 1. The molecule has 24 heavy (non-hydrogen) atoms. The molecule has 6 nitrogen and oxygen atoms in total. The molecule has 0 spiro atoms. The van der Waals surface area contributed by atoms with Gasteiger partial charge in [-0.1, -0.05) is 12.1 Å². The molecular formula is C18H28N4O2. The second-order valence-corrected chi connectivity index (χ2v) is 6.00. The second kappa shape index (κ2) is 9.93. The van der Waals surface area contributed by atoms with E-state index in [0.29, 0.717) is 12.1 Å². The second-order valence-electron chi connectivity index (χ2n) is 6.00. The van der Waals surface area contributed by atoms with Crippen molar-refractivity contribution in [2.75, 3.05) is 33.9 Å². The maximum Gasteiger partial charge on any atom is 0.251 e. The Labute approximate surface area is 144 Å². The Morgan fingerprint density at radius 1 is 1.33 bits per heavy atom. The first-order valence-corrected chi connectivity index (χ1v) is 8.56. The van der Waals surface area contributed by atoms with E-state index in [-0.39, 0.29) is 5.91 Å². The summed E-state index contributed by atoms with van der Waals surface area (Å²) in [5.41, 5.74) is 1.69. The first-order valence-electron chi connectivity index (χ1n) is 8.56. The molecule has 0 atom stereocenters. The zero-order valence-electron chi connectivity index (χ0n) is 14.6. The van der Waals surface area contributed by atoms with Gasteiger partial charge in [0.15, 0.2) is 5.96 Å². The summed E-state index contributed by atoms with van der Waals surface area (Å²) in [6, 6.07) is 7.55. The van der Waals surface area contributed by atoms with Crippen LogP contribution in [0.2, 0.25) is 0 Å². The van der Waals surface area contributed by atoms with Crippen molar-refractivity contribution in [3.8, 4) is 0 Å². The monoisotopic (exact) mass is 332 g/mol. The largest absolute Gasteiger partial charge is 0.381 e. The summed E-state index contributed by atoms with van der Waals surface area (Å²) in [6.45, 7) is 3.13. The average molecular weight is 332 g/mol. The van der Waals surface area contributed by atoms with Crippen molar-refractivity contribution in [1.82, 2.24) is 16.0 Å². The van der Waals surface area contributed by atoms with Crippen LogP contribution in [0.3, 0.4) is 0 Å². The minimum Gasteiger partial charge on any atom is -0.381 e. The van der Waals surface area contributed by atoms with Gasteiger partial charge in [0.05, 0.1) is 0 Å². The van der Waals surface area contributed by atoms with Crippen molar-refractivity contribution in [3.63, 3.8) is 0 Å². The highest BCUT2D eigenvalue weighted by Crippen LogP contribution is 2.28. The molecule has 132 valence electrons. The van der Waals surface area contributed by atoms with Gasteiger partial charge in [-0.15, -0.1) is 0 Å². The Balaban J connectivity index is 1.66. The minimum atomic E-state index is -0.0782. The summed E-state index contributed by atoms with van der Waals surface area (Å²) in [6.07, 6.45) is 3.62. The average Bonchev–Trinajstić information content (AvgIpc) is 3.44. The Hall–Kier alpha value is -2.08. The first-order chi connectivity index (χ1) is 11.7. The van der Waals surface area contributed by atoms with Crippen LogP contribution in [-0.2, 0) is 11.3 Å². The number of nitrogens with zero attached hydrogens (tertiary/aromatic N) is 1. The lowest BCUT2D eigenvalue weighted by atomic mass is 10.1. The van der Waals surface area contributed by atoms with Crippen LogP contribution in [0.1, 0.15) is 35.2 Å². The zero-order valence-corrected chi connectivity index (χ0v) is 14.6. The molecule has 1 amide bonds. The Kier molecular flexibility index (Phi) is 7.55. The van der Waals surface area contributed by atoms with Crippen molar-refractivity contribution in [2.24, 2.45) is 10.9 Å². The number of nitrogens with one attached hydrogen (secondary N) is 3. The number of hydrogen-bond donors (Lipinski definition) is 3. The van der Waals surface area contributed by atoms with E-state index in [1.807, 2.05) is 18.2 Å². The Bertz CT molecular complexity index is 556. The third kappa shape index (κ3) is 6.58. The van der Waals surface area contributed by atoms with E-state index >= 15 is 0 Å². The molecule has 1 fully saturated rings. The van der Waals surface area contributed by atoms with Crippen LogP contribution in [0.4, 0.5) is 0 Å². The zero-order chi connectivity index (χ0) is 17.2. The number of guanidine groups is 1. The molecule has 0 unspecified atom stereocenters. The number of hydrogen-bond acceptors (Lipinski definition) is 3. The van der Waals surface area contributed by atoms with Crippen molar-refractivity contribution in [2.45, 2.75) is 25.8 Å². The minimum absolute atomic E-state index is 0.0782. The molecule has 1 aromatic carbocycles. The quantitative estimate of drug-likeness (QED) is 0.364. The molecule has 3 N–H and O–H groups in total. The third-order valence-electron chi connectivity index (χ3n) is 3.91. The SMILES string of the molecule is CN=C(NCCCOCC1CC1)NCc1cccc(C(=O)NC)c1. The van der Waals surface area contributed by atoms with Gasteiger partial charge in [-0.05, 0) is 42.9 Å². The predicted octanol–water partition coefficient (Wildman–Crippen LogP) is 1.53. The van der Waals surface area contributed by atoms with Crippen LogP contribution in [0.5, 0.6) is 0 Å². The number of rotatable bonds is 9. The van der Waals surface area contributed by atoms with E-state index < -0.39 is 0 Å². The summed E-state index contributed by atoms with van der Waals surface area (Å²) in [5.74, 6) is 1.49. The van der Waals surface area contributed by atoms with Gasteiger partial charge in [0.1, 0.15) is 0 Å². The number of carbonyl (C=O) groups excluding carboxylic acids is 1. The molecule has 0 saturated heterocycles. The van der Waals surface area contributed by atoms with Gasteiger partial charge in [-0.3, -0.25) is 9.79 Å². The van der Waals surface area contributed by atoms with Gasteiger partial charge in [0.2, 0.25) is 0 Å². The highest BCUT2D eigenvalue weighted by atomic mass is 16.5. The fraction of sp³-hybridized carbons (Fsp3) is 0.556. The van der Waals surface area contributed by atoms with Crippen LogP contribution >= 0.6 is 0 Å². The molecule has 0 radical (unpaired) electrons. The first kappa shape index (κ1) is 18.3. The summed E-state index contributed by atoms with van der Waals surface area (Å²) in [5, 5.41) is 9.16. The van der Waals surface area contributed by atoms with Gasteiger partial charge in [-0.25, -0.2) is 0 Å². The molecule has 0 bridgehead atoms. The molecule has 2 rings (SSSR count). The van der Waals surface area contributed by atoms with Crippen LogP contribution < -0.4 is 16.0 Å².